The van der Waals surface area contributed by atoms with Gasteiger partial charge in [-0.25, -0.2) is 4.39 Å². The second kappa shape index (κ2) is 5.59. The van der Waals surface area contributed by atoms with E-state index in [1.165, 1.54) is 18.1 Å². The molecule has 2 aromatic carbocycles. The van der Waals surface area contributed by atoms with Crippen LogP contribution in [0.25, 0.3) is 0 Å². The number of carbonyl (C=O) groups excluding carboxylic acids is 1. The fraction of sp³-hybridized carbons (Fsp3) is 0.300. The van der Waals surface area contributed by atoms with Gasteiger partial charge in [0, 0.05) is 23.6 Å². The van der Waals surface area contributed by atoms with E-state index in [2.05, 4.69) is 6.07 Å². The Balaban J connectivity index is 1.71. The van der Waals surface area contributed by atoms with Crippen LogP contribution in [0.15, 0.2) is 42.5 Å². The zero-order chi connectivity index (χ0) is 17.6. The molecule has 1 aliphatic heterocycles. The van der Waals surface area contributed by atoms with Crippen molar-refractivity contribution in [2.75, 3.05) is 13.7 Å². The summed E-state index contributed by atoms with van der Waals surface area (Å²) in [7, 11) is 1.44. The minimum absolute atomic E-state index is 0.00351. The molecule has 0 aromatic heterocycles. The first-order valence-electron chi connectivity index (χ1n) is 8.23. The highest BCUT2D eigenvalue weighted by Crippen LogP contribution is 2.51. The summed E-state index contributed by atoms with van der Waals surface area (Å²) in [5.74, 6) is -0.731. The number of hydrogen-bond acceptors (Lipinski definition) is 3. The Morgan fingerprint density at radius 1 is 1.32 bits per heavy atom. The molecule has 1 amide bonds. The minimum atomic E-state index is -0.784. The molecule has 2 aliphatic rings. The Kier molecular flexibility index (Phi) is 3.50. The summed E-state index contributed by atoms with van der Waals surface area (Å²) < 4.78 is 19.5. The Bertz CT molecular complexity index is 885. The van der Waals surface area contributed by atoms with Crippen LogP contribution in [-0.4, -0.2) is 24.5 Å². The minimum Gasteiger partial charge on any atom is -0.497 e. The molecule has 0 saturated heterocycles. The lowest BCUT2D eigenvalue weighted by Gasteiger charge is -2.26. The van der Waals surface area contributed by atoms with Crippen molar-refractivity contribution >= 4 is 5.91 Å². The molecule has 0 bridgehead atoms. The first-order valence-corrected chi connectivity index (χ1v) is 8.23. The standard InChI is InChI=1S/C20H17FN2O2/c1-25-14-9-15-17(11-22)23(19(24)18(15)16(21)10-14)12-20(7-8-20)13-5-3-2-4-6-13/h2-6,9-10,17H,7-8,12H2,1H3. The predicted octanol–water partition coefficient (Wildman–Crippen LogP) is 3.59. The molecule has 4 nitrogen and oxygen atoms in total. The Hall–Kier alpha value is -2.87. The van der Waals surface area contributed by atoms with E-state index in [9.17, 15) is 14.4 Å². The average Bonchev–Trinajstić information content (AvgIpc) is 3.37. The third-order valence-electron chi connectivity index (χ3n) is 5.25. The molecule has 0 radical (unpaired) electrons. The van der Waals surface area contributed by atoms with E-state index in [0.717, 1.165) is 18.4 Å². The van der Waals surface area contributed by atoms with Crippen LogP contribution in [0.4, 0.5) is 4.39 Å². The van der Waals surface area contributed by atoms with E-state index in [0.29, 0.717) is 17.9 Å². The summed E-state index contributed by atoms with van der Waals surface area (Å²) in [6, 6.07) is 14.2. The number of amides is 1. The predicted molar refractivity (Wildman–Crippen MR) is 89.7 cm³/mol. The molecule has 1 aliphatic carbocycles. The van der Waals surface area contributed by atoms with Gasteiger partial charge < -0.3 is 9.64 Å². The van der Waals surface area contributed by atoms with Gasteiger partial charge in [0.15, 0.2) is 0 Å². The van der Waals surface area contributed by atoms with Gasteiger partial charge in [0.1, 0.15) is 17.6 Å². The zero-order valence-electron chi connectivity index (χ0n) is 13.8. The number of halogens is 1. The number of benzene rings is 2. The Morgan fingerprint density at radius 2 is 2.04 bits per heavy atom. The number of nitriles is 1. The topological polar surface area (TPSA) is 53.3 Å². The summed E-state index contributed by atoms with van der Waals surface area (Å²) in [6.45, 7) is 0.421. The van der Waals surface area contributed by atoms with Gasteiger partial charge in [-0.1, -0.05) is 30.3 Å². The monoisotopic (exact) mass is 336 g/mol. The van der Waals surface area contributed by atoms with Gasteiger partial charge in [-0.05, 0) is 24.5 Å². The van der Waals surface area contributed by atoms with Gasteiger partial charge in [-0.2, -0.15) is 5.26 Å². The van der Waals surface area contributed by atoms with Crippen LogP contribution in [0.2, 0.25) is 0 Å². The van der Waals surface area contributed by atoms with E-state index in [4.69, 9.17) is 4.74 Å². The molecule has 5 heteroatoms. The van der Waals surface area contributed by atoms with Gasteiger partial charge >= 0.3 is 0 Å². The van der Waals surface area contributed by atoms with Crippen molar-refractivity contribution in [3.05, 3.63) is 65.0 Å². The van der Waals surface area contributed by atoms with Crippen molar-refractivity contribution in [3.8, 4) is 11.8 Å². The normalized spacial score (nSPS) is 20.1. The van der Waals surface area contributed by atoms with Gasteiger partial charge in [0.2, 0.25) is 0 Å². The maximum Gasteiger partial charge on any atom is 0.258 e. The van der Waals surface area contributed by atoms with Gasteiger partial charge in [0.25, 0.3) is 5.91 Å². The number of nitrogens with zero attached hydrogens (tertiary/aromatic N) is 2. The average molecular weight is 336 g/mol. The molecule has 25 heavy (non-hydrogen) atoms. The van der Waals surface area contributed by atoms with Gasteiger partial charge in [0.05, 0.1) is 18.7 Å². The van der Waals surface area contributed by atoms with Crippen LogP contribution in [0.1, 0.15) is 40.4 Å². The van der Waals surface area contributed by atoms with Crippen molar-refractivity contribution in [2.45, 2.75) is 24.3 Å². The van der Waals surface area contributed by atoms with Crippen molar-refractivity contribution in [1.82, 2.24) is 4.90 Å². The summed E-state index contributed by atoms with van der Waals surface area (Å²) >= 11 is 0. The highest BCUT2D eigenvalue weighted by atomic mass is 19.1. The molecule has 1 unspecified atom stereocenters. The lowest BCUT2D eigenvalue weighted by molar-refractivity contribution is 0.0736. The largest absolute Gasteiger partial charge is 0.497 e. The third kappa shape index (κ3) is 2.37. The Morgan fingerprint density at radius 3 is 2.64 bits per heavy atom. The number of hydrogen-bond donors (Lipinski definition) is 0. The highest BCUT2D eigenvalue weighted by molar-refractivity contribution is 6.00. The van der Waals surface area contributed by atoms with E-state index < -0.39 is 17.8 Å². The highest BCUT2D eigenvalue weighted by Gasteiger charge is 2.50. The van der Waals surface area contributed by atoms with E-state index in [1.807, 2.05) is 30.3 Å². The zero-order valence-corrected chi connectivity index (χ0v) is 13.8. The molecule has 1 saturated carbocycles. The first kappa shape index (κ1) is 15.6. The van der Waals surface area contributed by atoms with Crippen molar-refractivity contribution in [2.24, 2.45) is 0 Å². The fourth-order valence-electron chi connectivity index (χ4n) is 3.70. The van der Waals surface area contributed by atoms with Crippen LogP contribution < -0.4 is 4.74 Å². The van der Waals surface area contributed by atoms with Crippen molar-refractivity contribution < 1.29 is 13.9 Å². The first-order chi connectivity index (χ1) is 12.1. The molecule has 0 spiro atoms. The number of fused-ring (bicyclic) bond motifs is 1. The molecule has 1 atom stereocenters. The Labute approximate surface area is 145 Å². The molecule has 1 heterocycles. The molecular weight excluding hydrogens is 319 g/mol. The molecule has 126 valence electrons. The summed E-state index contributed by atoms with van der Waals surface area (Å²) in [5, 5.41) is 9.64. The van der Waals surface area contributed by atoms with E-state index >= 15 is 0 Å². The van der Waals surface area contributed by atoms with Crippen molar-refractivity contribution in [1.29, 1.82) is 5.26 Å². The molecule has 1 fully saturated rings. The van der Waals surface area contributed by atoms with Crippen LogP contribution in [0.3, 0.4) is 0 Å². The molecule has 4 rings (SSSR count). The maximum atomic E-state index is 14.4. The lowest BCUT2D eigenvalue weighted by Crippen LogP contribution is -2.35. The van der Waals surface area contributed by atoms with Gasteiger partial charge in [-0.3, -0.25) is 4.79 Å². The molecule has 0 N–H and O–H groups in total. The number of carbonyl (C=O) groups is 1. The SMILES string of the molecule is COc1cc(F)c2c(c1)C(C#N)N(CC1(c3ccccc3)CC1)C2=O. The smallest absolute Gasteiger partial charge is 0.258 e. The van der Waals surface area contributed by atoms with Crippen LogP contribution >= 0.6 is 0 Å². The maximum absolute atomic E-state index is 14.4. The number of rotatable bonds is 4. The van der Waals surface area contributed by atoms with Crippen LogP contribution in [-0.2, 0) is 5.41 Å². The van der Waals surface area contributed by atoms with Crippen LogP contribution in [0, 0.1) is 17.1 Å². The lowest BCUT2D eigenvalue weighted by atomic mass is 9.95. The second-order valence-corrected chi connectivity index (χ2v) is 6.68. The molecule has 2 aromatic rings. The van der Waals surface area contributed by atoms with Crippen molar-refractivity contribution in [3.63, 3.8) is 0 Å². The second-order valence-electron chi connectivity index (χ2n) is 6.68. The van der Waals surface area contributed by atoms with Gasteiger partial charge in [-0.15, -0.1) is 0 Å². The number of ether oxygens (including phenoxy) is 1. The quantitative estimate of drug-likeness (QED) is 0.857. The molecular formula is C20H17FN2O2. The summed E-state index contributed by atoms with van der Waals surface area (Å²) in [6.07, 6.45) is 1.92. The van der Waals surface area contributed by atoms with E-state index in [-0.39, 0.29) is 11.0 Å². The van der Waals surface area contributed by atoms with Crippen LogP contribution in [0.5, 0.6) is 5.75 Å². The third-order valence-corrected chi connectivity index (χ3v) is 5.25. The van der Waals surface area contributed by atoms with E-state index in [1.54, 1.807) is 6.07 Å². The summed E-state index contributed by atoms with van der Waals surface area (Å²) in [5.41, 5.74) is 1.42. The number of methoxy groups -OCH3 is 1. The fourth-order valence-corrected chi connectivity index (χ4v) is 3.70. The summed E-state index contributed by atoms with van der Waals surface area (Å²) in [4.78, 5) is 14.3.